The minimum Gasteiger partial charge on any atom is -0.466 e. The van der Waals surface area contributed by atoms with Crippen LogP contribution in [0.3, 0.4) is 0 Å². The summed E-state index contributed by atoms with van der Waals surface area (Å²) in [5.74, 6) is 0.400. The van der Waals surface area contributed by atoms with Crippen molar-refractivity contribution in [2.45, 2.75) is 38.2 Å². The van der Waals surface area contributed by atoms with Crippen molar-refractivity contribution < 1.29 is 14.3 Å². The second kappa shape index (κ2) is 3.54. The Morgan fingerprint density at radius 1 is 1.50 bits per heavy atom. The first-order valence-electron chi connectivity index (χ1n) is 5.48. The molecule has 0 radical (unpaired) electrons. The highest BCUT2D eigenvalue weighted by atomic mass is 16.5. The maximum absolute atomic E-state index is 11.6. The summed E-state index contributed by atoms with van der Waals surface area (Å²) in [6.45, 7) is 2.32. The van der Waals surface area contributed by atoms with Gasteiger partial charge in [-0.1, -0.05) is 12.8 Å². The molecule has 3 heteroatoms. The van der Waals surface area contributed by atoms with Crippen LogP contribution in [0.15, 0.2) is 0 Å². The summed E-state index contributed by atoms with van der Waals surface area (Å²) in [6, 6.07) is 0. The van der Waals surface area contributed by atoms with Gasteiger partial charge in [-0.15, -0.1) is 0 Å². The van der Waals surface area contributed by atoms with Gasteiger partial charge < -0.3 is 9.47 Å². The molecule has 1 unspecified atom stereocenters. The molecule has 3 atom stereocenters. The van der Waals surface area contributed by atoms with E-state index < -0.39 is 0 Å². The lowest BCUT2D eigenvalue weighted by Gasteiger charge is -2.19. The Morgan fingerprint density at radius 2 is 2.29 bits per heavy atom. The van der Waals surface area contributed by atoms with Crippen LogP contribution in [0.4, 0.5) is 0 Å². The van der Waals surface area contributed by atoms with Gasteiger partial charge >= 0.3 is 5.97 Å². The average molecular weight is 198 g/mol. The molecule has 0 N–H and O–H groups in total. The average Bonchev–Trinajstić information content (AvgIpc) is 2.87. The largest absolute Gasteiger partial charge is 0.466 e. The van der Waals surface area contributed by atoms with Gasteiger partial charge in [0.25, 0.3) is 0 Å². The molecule has 14 heavy (non-hydrogen) atoms. The smallest absolute Gasteiger partial charge is 0.312 e. The maximum atomic E-state index is 11.6. The van der Waals surface area contributed by atoms with Gasteiger partial charge in [0.05, 0.1) is 18.1 Å². The molecule has 2 aliphatic rings. The second-order valence-electron chi connectivity index (χ2n) is 4.24. The van der Waals surface area contributed by atoms with Crippen molar-refractivity contribution >= 4 is 5.97 Å². The Hall–Kier alpha value is -0.570. The van der Waals surface area contributed by atoms with E-state index in [0.29, 0.717) is 12.5 Å². The number of fused-ring (bicyclic) bond motifs is 1. The molecule has 3 nitrogen and oxygen atoms in total. The van der Waals surface area contributed by atoms with E-state index in [-0.39, 0.29) is 17.5 Å². The van der Waals surface area contributed by atoms with Gasteiger partial charge in [-0.05, 0) is 19.8 Å². The van der Waals surface area contributed by atoms with Crippen LogP contribution in [0.25, 0.3) is 0 Å². The number of hydrogen-bond donors (Lipinski definition) is 0. The van der Waals surface area contributed by atoms with Crippen LogP contribution < -0.4 is 0 Å². The Bertz CT molecular complexity index is 239. The lowest BCUT2D eigenvalue weighted by Crippen LogP contribution is -2.22. The Balaban J connectivity index is 2.04. The number of hydrogen-bond acceptors (Lipinski definition) is 3. The van der Waals surface area contributed by atoms with E-state index in [0.717, 1.165) is 12.8 Å². The molecule has 0 aliphatic heterocycles. The van der Waals surface area contributed by atoms with E-state index in [4.69, 9.17) is 9.47 Å². The first kappa shape index (κ1) is 9.97. The van der Waals surface area contributed by atoms with Crippen LogP contribution in [0.1, 0.15) is 32.6 Å². The second-order valence-corrected chi connectivity index (χ2v) is 4.24. The standard InChI is InChI=1S/C11H18O3/c1-3-14-10(12)9-8-6-4-5-7-11(8,9)13-2/h8-9H,3-7H2,1-2H3/t8-,9?,11+/m0/s1. The van der Waals surface area contributed by atoms with Crippen molar-refractivity contribution in [3.63, 3.8) is 0 Å². The summed E-state index contributed by atoms with van der Waals surface area (Å²) in [6.07, 6.45) is 4.56. The summed E-state index contributed by atoms with van der Waals surface area (Å²) in [5, 5.41) is 0. The molecule has 0 aromatic heterocycles. The molecule has 2 saturated carbocycles. The zero-order valence-corrected chi connectivity index (χ0v) is 8.91. The van der Waals surface area contributed by atoms with Crippen molar-refractivity contribution in [2.24, 2.45) is 11.8 Å². The van der Waals surface area contributed by atoms with Gasteiger partial charge in [0.1, 0.15) is 0 Å². The SMILES string of the molecule is CCOC(=O)C1[C@@H]2CCCC[C@]12OC. The zero-order valence-electron chi connectivity index (χ0n) is 8.91. The summed E-state index contributed by atoms with van der Waals surface area (Å²) < 4.78 is 10.6. The molecule has 0 spiro atoms. The molecular weight excluding hydrogens is 180 g/mol. The van der Waals surface area contributed by atoms with Gasteiger partial charge in [-0.2, -0.15) is 0 Å². The van der Waals surface area contributed by atoms with Crippen molar-refractivity contribution in [2.75, 3.05) is 13.7 Å². The molecule has 0 aromatic carbocycles. The van der Waals surface area contributed by atoms with Crippen molar-refractivity contribution in [3.8, 4) is 0 Å². The number of esters is 1. The predicted octanol–water partition coefficient (Wildman–Crippen LogP) is 1.75. The fourth-order valence-electron chi connectivity index (χ4n) is 2.99. The van der Waals surface area contributed by atoms with Crippen molar-refractivity contribution in [1.82, 2.24) is 0 Å². The first-order chi connectivity index (χ1) is 6.76. The summed E-state index contributed by atoms with van der Waals surface area (Å²) in [7, 11) is 1.72. The molecule has 80 valence electrons. The van der Waals surface area contributed by atoms with Gasteiger partial charge in [0.15, 0.2) is 0 Å². The minimum atomic E-state index is -0.148. The van der Waals surface area contributed by atoms with E-state index >= 15 is 0 Å². The van der Waals surface area contributed by atoms with E-state index in [1.54, 1.807) is 7.11 Å². The molecule has 0 aromatic rings. The normalized spacial score (nSPS) is 40.1. The van der Waals surface area contributed by atoms with Gasteiger partial charge in [0, 0.05) is 13.0 Å². The highest BCUT2D eigenvalue weighted by molar-refractivity contribution is 5.79. The lowest BCUT2D eigenvalue weighted by molar-refractivity contribution is -0.147. The van der Waals surface area contributed by atoms with E-state index in [9.17, 15) is 4.79 Å². The number of ether oxygens (including phenoxy) is 2. The Labute approximate surface area is 84.8 Å². The Kier molecular flexibility index (Phi) is 2.52. The molecule has 0 bridgehead atoms. The summed E-state index contributed by atoms with van der Waals surface area (Å²) >= 11 is 0. The van der Waals surface area contributed by atoms with Gasteiger partial charge in [0.2, 0.25) is 0 Å². The fraction of sp³-hybridized carbons (Fsp3) is 0.909. The topological polar surface area (TPSA) is 35.5 Å². The van der Waals surface area contributed by atoms with Crippen LogP contribution >= 0.6 is 0 Å². The molecule has 0 heterocycles. The van der Waals surface area contributed by atoms with Crippen molar-refractivity contribution in [1.29, 1.82) is 0 Å². The van der Waals surface area contributed by atoms with Gasteiger partial charge in [-0.3, -0.25) is 4.79 Å². The third-order valence-corrected chi connectivity index (χ3v) is 3.70. The maximum Gasteiger partial charge on any atom is 0.312 e. The lowest BCUT2D eigenvalue weighted by atomic mass is 9.98. The Morgan fingerprint density at radius 3 is 2.86 bits per heavy atom. The first-order valence-corrected chi connectivity index (χ1v) is 5.48. The van der Waals surface area contributed by atoms with Crippen LogP contribution in [0.2, 0.25) is 0 Å². The molecule has 2 fully saturated rings. The molecule has 2 rings (SSSR count). The van der Waals surface area contributed by atoms with Gasteiger partial charge in [-0.25, -0.2) is 0 Å². The number of carbonyl (C=O) groups is 1. The molecule has 0 saturated heterocycles. The fourth-order valence-corrected chi connectivity index (χ4v) is 2.99. The van der Waals surface area contributed by atoms with E-state index in [2.05, 4.69) is 0 Å². The third-order valence-electron chi connectivity index (χ3n) is 3.70. The minimum absolute atomic E-state index is 0.0231. The van der Waals surface area contributed by atoms with Crippen LogP contribution in [0.5, 0.6) is 0 Å². The predicted molar refractivity (Wildman–Crippen MR) is 51.8 cm³/mol. The summed E-state index contributed by atoms with van der Waals surface area (Å²) in [4.78, 5) is 11.6. The highest BCUT2D eigenvalue weighted by Crippen LogP contribution is 2.61. The number of methoxy groups -OCH3 is 1. The monoisotopic (exact) mass is 198 g/mol. The molecular formula is C11H18O3. The van der Waals surface area contributed by atoms with Crippen LogP contribution in [-0.4, -0.2) is 25.3 Å². The van der Waals surface area contributed by atoms with E-state index in [1.165, 1.54) is 12.8 Å². The number of rotatable bonds is 3. The summed E-state index contributed by atoms with van der Waals surface area (Å²) in [5.41, 5.74) is -0.148. The van der Waals surface area contributed by atoms with Crippen molar-refractivity contribution in [3.05, 3.63) is 0 Å². The zero-order chi connectivity index (χ0) is 10.2. The van der Waals surface area contributed by atoms with Crippen LogP contribution in [-0.2, 0) is 14.3 Å². The third kappa shape index (κ3) is 1.26. The van der Waals surface area contributed by atoms with E-state index in [1.807, 2.05) is 6.92 Å². The highest BCUT2D eigenvalue weighted by Gasteiger charge is 2.69. The molecule has 2 aliphatic carbocycles. The number of carbonyl (C=O) groups excluding carboxylic acids is 1. The molecule has 0 amide bonds. The quantitative estimate of drug-likeness (QED) is 0.648. The van der Waals surface area contributed by atoms with Crippen LogP contribution in [0, 0.1) is 11.8 Å².